The van der Waals surface area contributed by atoms with E-state index in [1.807, 2.05) is 60.2 Å². The number of benzene rings is 2. The SMILES string of the molecule is COc1cc(Nc2ncc3c(n2)N(Cc2ccc(Cl)cc2)CCO3)ccc1-n1cnc(C)c1. The fraction of sp³-hybridized carbons (Fsp3) is 0.208. The standard InChI is InChI=1S/C24H23ClN6O2/c1-16-13-31(15-27-16)20-8-7-19(11-21(20)32-2)28-24-26-12-22-23(29-24)30(9-10-33-22)14-17-3-5-18(25)6-4-17/h3-8,11-13,15H,9-10,14H2,1-2H3,(H,26,28,29). The second kappa shape index (κ2) is 8.99. The number of nitrogens with one attached hydrogen (secondary N) is 1. The van der Waals surface area contributed by atoms with E-state index in [1.165, 1.54) is 0 Å². The topological polar surface area (TPSA) is 77.3 Å². The Labute approximate surface area is 196 Å². The quantitative estimate of drug-likeness (QED) is 0.442. The number of imidazole rings is 1. The zero-order valence-corrected chi connectivity index (χ0v) is 19.1. The van der Waals surface area contributed by atoms with Crippen LogP contribution in [0.3, 0.4) is 0 Å². The molecule has 0 amide bonds. The summed E-state index contributed by atoms with van der Waals surface area (Å²) in [5.41, 5.74) is 3.80. The summed E-state index contributed by atoms with van der Waals surface area (Å²) < 4.78 is 13.3. The van der Waals surface area contributed by atoms with Gasteiger partial charge in [-0.05, 0) is 36.8 Å². The summed E-state index contributed by atoms with van der Waals surface area (Å²) in [7, 11) is 1.65. The summed E-state index contributed by atoms with van der Waals surface area (Å²) in [6.07, 6.45) is 5.42. The van der Waals surface area contributed by atoms with Crippen LogP contribution in [-0.4, -0.2) is 39.8 Å². The number of hydrogen-bond donors (Lipinski definition) is 1. The van der Waals surface area contributed by atoms with Gasteiger partial charge in [-0.2, -0.15) is 4.98 Å². The van der Waals surface area contributed by atoms with Gasteiger partial charge in [-0.25, -0.2) is 9.97 Å². The molecular formula is C24H23ClN6O2. The minimum Gasteiger partial charge on any atom is -0.494 e. The Morgan fingerprint density at radius 2 is 2.00 bits per heavy atom. The second-order valence-corrected chi connectivity index (χ2v) is 8.15. The number of ether oxygens (including phenoxy) is 2. The molecule has 0 saturated heterocycles. The van der Waals surface area contributed by atoms with Crippen molar-refractivity contribution in [1.29, 1.82) is 0 Å². The maximum Gasteiger partial charge on any atom is 0.229 e. The van der Waals surface area contributed by atoms with Gasteiger partial charge in [0.2, 0.25) is 5.95 Å². The average molecular weight is 463 g/mol. The molecule has 0 aliphatic carbocycles. The maximum absolute atomic E-state index is 6.02. The molecule has 3 heterocycles. The van der Waals surface area contributed by atoms with Gasteiger partial charge in [0, 0.05) is 29.5 Å². The lowest BCUT2D eigenvalue weighted by Gasteiger charge is -2.30. The largest absolute Gasteiger partial charge is 0.494 e. The Bertz CT molecular complexity index is 1270. The predicted molar refractivity (Wildman–Crippen MR) is 128 cm³/mol. The average Bonchev–Trinajstić information content (AvgIpc) is 3.27. The molecule has 0 saturated carbocycles. The van der Waals surface area contributed by atoms with Crippen molar-refractivity contribution in [3.05, 3.63) is 77.5 Å². The molecule has 0 spiro atoms. The van der Waals surface area contributed by atoms with Crippen molar-refractivity contribution in [3.8, 4) is 17.2 Å². The molecule has 9 heteroatoms. The number of anilines is 3. The highest BCUT2D eigenvalue weighted by atomic mass is 35.5. The Balaban J connectivity index is 1.39. The molecule has 5 rings (SSSR count). The van der Waals surface area contributed by atoms with Crippen LogP contribution in [-0.2, 0) is 6.54 Å². The lowest BCUT2D eigenvalue weighted by Crippen LogP contribution is -2.33. The van der Waals surface area contributed by atoms with Crippen LogP contribution in [0.1, 0.15) is 11.3 Å². The van der Waals surface area contributed by atoms with E-state index >= 15 is 0 Å². The smallest absolute Gasteiger partial charge is 0.229 e. The molecule has 2 aromatic heterocycles. The normalized spacial score (nSPS) is 12.8. The van der Waals surface area contributed by atoms with Crippen LogP contribution in [0.4, 0.5) is 17.5 Å². The van der Waals surface area contributed by atoms with E-state index in [0.29, 0.717) is 30.6 Å². The summed E-state index contributed by atoms with van der Waals surface area (Å²) in [6, 6.07) is 13.7. The van der Waals surface area contributed by atoms with E-state index in [4.69, 9.17) is 26.1 Å². The lowest BCUT2D eigenvalue weighted by molar-refractivity contribution is 0.303. The van der Waals surface area contributed by atoms with Crippen molar-refractivity contribution in [2.24, 2.45) is 0 Å². The fourth-order valence-corrected chi connectivity index (χ4v) is 3.86. The van der Waals surface area contributed by atoms with Gasteiger partial charge in [0.25, 0.3) is 0 Å². The van der Waals surface area contributed by atoms with Crippen LogP contribution in [0.15, 0.2) is 61.2 Å². The van der Waals surface area contributed by atoms with Crippen molar-refractivity contribution in [3.63, 3.8) is 0 Å². The number of fused-ring (bicyclic) bond motifs is 1. The molecule has 0 atom stereocenters. The van der Waals surface area contributed by atoms with Gasteiger partial charge in [-0.3, -0.25) is 0 Å². The molecule has 1 aliphatic rings. The lowest BCUT2D eigenvalue weighted by atomic mass is 10.2. The monoisotopic (exact) mass is 462 g/mol. The van der Waals surface area contributed by atoms with E-state index in [-0.39, 0.29) is 0 Å². The highest BCUT2D eigenvalue weighted by Gasteiger charge is 2.21. The van der Waals surface area contributed by atoms with Gasteiger partial charge in [0.1, 0.15) is 12.4 Å². The Hall–Kier alpha value is -3.78. The van der Waals surface area contributed by atoms with E-state index in [2.05, 4.69) is 20.2 Å². The molecule has 168 valence electrons. The minimum absolute atomic E-state index is 0.480. The number of nitrogens with zero attached hydrogens (tertiary/aromatic N) is 5. The van der Waals surface area contributed by atoms with Crippen molar-refractivity contribution >= 4 is 29.1 Å². The first-order valence-corrected chi connectivity index (χ1v) is 10.9. The highest BCUT2D eigenvalue weighted by molar-refractivity contribution is 6.30. The van der Waals surface area contributed by atoms with Gasteiger partial charge in [-0.15, -0.1) is 0 Å². The molecule has 0 bridgehead atoms. The third kappa shape index (κ3) is 4.56. The summed E-state index contributed by atoms with van der Waals surface area (Å²) in [5, 5.41) is 4.00. The Kier molecular flexibility index (Phi) is 5.75. The van der Waals surface area contributed by atoms with Gasteiger partial charge in [-0.1, -0.05) is 23.7 Å². The van der Waals surface area contributed by atoms with Crippen molar-refractivity contribution < 1.29 is 9.47 Å². The van der Waals surface area contributed by atoms with E-state index in [1.54, 1.807) is 19.6 Å². The molecule has 4 aromatic rings. The van der Waals surface area contributed by atoms with Gasteiger partial charge >= 0.3 is 0 Å². The molecule has 0 fully saturated rings. The van der Waals surface area contributed by atoms with Gasteiger partial charge in [0.15, 0.2) is 11.6 Å². The van der Waals surface area contributed by atoms with E-state index in [0.717, 1.165) is 40.0 Å². The maximum atomic E-state index is 6.02. The molecular weight excluding hydrogens is 440 g/mol. The number of aryl methyl sites for hydroxylation is 1. The number of aromatic nitrogens is 4. The third-order valence-corrected chi connectivity index (χ3v) is 5.62. The molecule has 8 nitrogen and oxygen atoms in total. The molecule has 2 aromatic carbocycles. The van der Waals surface area contributed by atoms with E-state index in [9.17, 15) is 0 Å². The predicted octanol–water partition coefficient (Wildman–Crippen LogP) is 4.78. The van der Waals surface area contributed by atoms with Crippen LogP contribution in [0, 0.1) is 6.92 Å². The van der Waals surface area contributed by atoms with Crippen molar-refractivity contribution in [2.75, 3.05) is 30.5 Å². The number of hydrogen-bond acceptors (Lipinski definition) is 7. The molecule has 0 unspecified atom stereocenters. The number of rotatable bonds is 6. The van der Waals surface area contributed by atoms with Crippen LogP contribution in [0.2, 0.25) is 5.02 Å². The highest BCUT2D eigenvalue weighted by Crippen LogP contribution is 2.32. The van der Waals surface area contributed by atoms with Crippen LogP contribution < -0.4 is 19.7 Å². The summed E-state index contributed by atoms with van der Waals surface area (Å²) >= 11 is 6.02. The van der Waals surface area contributed by atoms with Crippen molar-refractivity contribution in [1.82, 2.24) is 19.5 Å². The summed E-state index contributed by atoms with van der Waals surface area (Å²) in [6.45, 7) is 3.98. The first kappa shape index (κ1) is 21.1. The van der Waals surface area contributed by atoms with Gasteiger partial charge < -0.3 is 24.3 Å². The fourth-order valence-electron chi connectivity index (χ4n) is 3.74. The molecule has 1 aliphatic heterocycles. The summed E-state index contributed by atoms with van der Waals surface area (Å²) in [4.78, 5) is 15.6. The number of methoxy groups -OCH3 is 1. The zero-order valence-electron chi connectivity index (χ0n) is 18.3. The van der Waals surface area contributed by atoms with Gasteiger partial charge in [0.05, 0.1) is 37.6 Å². The number of halogens is 1. The molecule has 0 radical (unpaired) electrons. The van der Waals surface area contributed by atoms with Crippen LogP contribution in [0.5, 0.6) is 11.5 Å². The molecule has 33 heavy (non-hydrogen) atoms. The van der Waals surface area contributed by atoms with Crippen molar-refractivity contribution in [2.45, 2.75) is 13.5 Å². The minimum atomic E-state index is 0.480. The zero-order chi connectivity index (χ0) is 22.8. The van der Waals surface area contributed by atoms with Crippen LogP contribution in [0.25, 0.3) is 5.69 Å². The Morgan fingerprint density at radius 3 is 2.76 bits per heavy atom. The molecule has 1 N–H and O–H groups in total. The third-order valence-electron chi connectivity index (χ3n) is 5.37. The second-order valence-electron chi connectivity index (χ2n) is 7.71. The first-order valence-electron chi connectivity index (χ1n) is 10.5. The summed E-state index contributed by atoms with van der Waals surface area (Å²) in [5.74, 6) is 2.62. The first-order chi connectivity index (χ1) is 16.1. The van der Waals surface area contributed by atoms with E-state index < -0.39 is 0 Å². The van der Waals surface area contributed by atoms with Crippen LogP contribution >= 0.6 is 11.6 Å². The Morgan fingerprint density at radius 1 is 1.15 bits per heavy atom.